The highest BCUT2D eigenvalue weighted by molar-refractivity contribution is 7.86. The molecule has 240 valence electrons. The van der Waals surface area contributed by atoms with Gasteiger partial charge in [0.05, 0.1) is 6.04 Å². The average molecular weight is 642 g/mol. The molecule has 0 saturated carbocycles. The van der Waals surface area contributed by atoms with E-state index in [-0.39, 0.29) is 23.9 Å². The van der Waals surface area contributed by atoms with Gasteiger partial charge in [-0.1, -0.05) is 80.1 Å². The first-order valence-corrected chi connectivity index (χ1v) is 17.1. The Balaban J connectivity index is 1.23. The van der Waals surface area contributed by atoms with Crippen molar-refractivity contribution in [2.45, 2.75) is 63.9 Å². The first-order valence-electron chi connectivity index (χ1n) is 15.6. The molecule has 0 bridgehead atoms. The largest absolute Gasteiger partial charge is 0.479 e. The van der Waals surface area contributed by atoms with Crippen LogP contribution >= 0.6 is 0 Å². The van der Waals surface area contributed by atoms with E-state index in [0.717, 1.165) is 18.4 Å². The average Bonchev–Trinajstić information content (AvgIpc) is 3.39. The third-order valence-electron chi connectivity index (χ3n) is 8.86. The molecule has 5 N–H and O–H groups in total. The lowest BCUT2D eigenvalue weighted by atomic mass is 9.78. The number of hydrogen-bond donors (Lipinski definition) is 5. The van der Waals surface area contributed by atoms with E-state index < -0.39 is 33.5 Å². The Bertz CT molecular complexity index is 2000. The van der Waals surface area contributed by atoms with E-state index in [1.54, 1.807) is 24.3 Å². The van der Waals surface area contributed by atoms with Crippen molar-refractivity contribution >= 4 is 48.9 Å². The molecular formula is C36H39N3O6S. The van der Waals surface area contributed by atoms with Crippen LogP contribution in [0.3, 0.4) is 0 Å². The monoisotopic (exact) mass is 641 g/mol. The summed E-state index contributed by atoms with van der Waals surface area (Å²) in [4.78, 5) is 13.7. The lowest BCUT2D eigenvalue weighted by Gasteiger charge is -2.27. The second-order valence-electron chi connectivity index (χ2n) is 12.6. The van der Waals surface area contributed by atoms with Crippen molar-refractivity contribution in [3.63, 3.8) is 0 Å². The normalized spacial score (nSPS) is 16.3. The maximum atomic E-state index is 13.7. The molecule has 3 atom stereocenters. The van der Waals surface area contributed by atoms with Crippen LogP contribution in [0.25, 0.3) is 21.5 Å². The number of amides is 1. The van der Waals surface area contributed by atoms with Gasteiger partial charge in [-0.05, 0) is 89.2 Å². The van der Waals surface area contributed by atoms with E-state index in [9.17, 15) is 22.9 Å². The number of fused-ring (bicyclic) bond motifs is 5. The van der Waals surface area contributed by atoms with E-state index in [1.165, 1.54) is 38.9 Å². The van der Waals surface area contributed by atoms with Crippen molar-refractivity contribution < 1.29 is 27.3 Å². The summed E-state index contributed by atoms with van der Waals surface area (Å²) in [6.45, 7) is 5.72. The molecule has 0 radical (unpaired) electrons. The van der Waals surface area contributed by atoms with Crippen molar-refractivity contribution in [2.24, 2.45) is 5.92 Å². The van der Waals surface area contributed by atoms with Gasteiger partial charge in [0, 0.05) is 11.3 Å². The van der Waals surface area contributed by atoms with Gasteiger partial charge in [-0.3, -0.25) is 14.7 Å². The Hall–Kier alpha value is -4.38. The molecule has 0 aliphatic heterocycles. The van der Waals surface area contributed by atoms with Gasteiger partial charge < -0.3 is 20.2 Å². The van der Waals surface area contributed by atoms with Crippen LogP contribution in [-0.4, -0.2) is 35.5 Å². The maximum absolute atomic E-state index is 13.7. The number of carbonyl (C=O) groups is 1. The smallest absolute Gasteiger partial charge is 0.306 e. The summed E-state index contributed by atoms with van der Waals surface area (Å²) < 4.78 is 40.2. The molecule has 9 nitrogen and oxygen atoms in total. The van der Waals surface area contributed by atoms with Crippen LogP contribution in [-0.2, 0) is 27.8 Å². The SMILES string of the molecule is Cc1ccc(NC(N[C@@H](CC(C)C)C(=O)Nc2c(C3CCc4c(ccc5c4ccc4ccccc45)C3)coc2O)S(=O)(=O)O)cc1. The Morgan fingerprint density at radius 3 is 2.46 bits per heavy atom. The zero-order chi connectivity index (χ0) is 32.6. The van der Waals surface area contributed by atoms with Gasteiger partial charge in [-0.25, -0.2) is 0 Å². The van der Waals surface area contributed by atoms with Gasteiger partial charge in [-0.15, -0.1) is 0 Å². The number of nitrogens with one attached hydrogen (secondary N) is 3. The Morgan fingerprint density at radius 1 is 0.978 bits per heavy atom. The molecule has 10 heteroatoms. The topological polar surface area (TPSA) is 141 Å². The minimum atomic E-state index is -4.66. The number of hydrogen-bond acceptors (Lipinski definition) is 7. The summed E-state index contributed by atoms with van der Waals surface area (Å²) in [6.07, 6.45) is 4.08. The van der Waals surface area contributed by atoms with E-state index in [0.29, 0.717) is 17.7 Å². The summed E-state index contributed by atoms with van der Waals surface area (Å²) >= 11 is 0. The minimum Gasteiger partial charge on any atom is -0.479 e. The minimum absolute atomic E-state index is 0.00359. The Morgan fingerprint density at radius 2 is 1.72 bits per heavy atom. The van der Waals surface area contributed by atoms with Crippen LogP contribution < -0.4 is 16.0 Å². The van der Waals surface area contributed by atoms with E-state index in [4.69, 9.17) is 4.42 Å². The van der Waals surface area contributed by atoms with E-state index in [2.05, 4.69) is 58.4 Å². The number of benzene rings is 4. The van der Waals surface area contributed by atoms with Gasteiger partial charge in [0.25, 0.3) is 10.1 Å². The Labute approximate surface area is 268 Å². The number of anilines is 2. The fourth-order valence-electron chi connectivity index (χ4n) is 6.54. The van der Waals surface area contributed by atoms with Gasteiger partial charge in [-0.2, -0.15) is 8.42 Å². The van der Waals surface area contributed by atoms with Crippen molar-refractivity contribution in [1.29, 1.82) is 0 Å². The molecule has 1 aliphatic carbocycles. The van der Waals surface area contributed by atoms with Crippen molar-refractivity contribution in [2.75, 3.05) is 10.6 Å². The highest BCUT2D eigenvalue weighted by atomic mass is 32.2. The molecule has 2 unspecified atom stereocenters. The predicted octanol–water partition coefficient (Wildman–Crippen LogP) is 7.10. The van der Waals surface area contributed by atoms with Crippen molar-refractivity contribution in [1.82, 2.24) is 5.32 Å². The second kappa shape index (κ2) is 12.8. The number of furan rings is 1. The van der Waals surface area contributed by atoms with Gasteiger partial charge in [0.15, 0.2) is 0 Å². The van der Waals surface area contributed by atoms with Crippen LogP contribution in [0.1, 0.15) is 54.9 Å². The zero-order valence-corrected chi connectivity index (χ0v) is 26.9. The van der Waals surface area contributed by atoms with E-state index in [1.807, 2.05) is 26.8 Å². The van der Waals surface area contributed by atoms with Crippen LogP contribution in [0.4, 0.5) is 11.4 Å². The van der Waals surface area contributed by atoms with Crippen LogP contribution in [0, 0.1) is 12.8 Å². The standard InChI is InChI=1S/C36H39N3O6S/c1-21(2)18-32(38-36(46(42,43)44)37-26-13-8-22(3)9-14-26)34(40)39-33-31(20-45-35(33)41)25-11-15-28-24(19-25)12-17-29-27-7-5-4-6-23(27)10-16-30(28)29/h4-10,12-14,16-17,20-21,25,32,36-38,41H,11,15,18-19H2,1-3H3,(H,39,40)(H,42,43,44)/t25?,32-,36?/m0/s1. The number of carbonyl (C=O) groups excluding carboxylic acids is 1. The highest BCUT2D eigenvalue weighted by Gasteiger charge is 2.33. The quantitative estimate of drug-likeness (QED) is 0.0618. The second-order valence-corrected chi connectivity index (χ2v) is 14.1. The lowest BCUT2D eigenvalue weighted by molar-refractivity contribution is -0.118. The molecule has 1 amide bonds. The fraction of sp³-hybridized carbons (Fsp3) is 0.306. The third kappa shape index (κ3) is 6.60. The summed E-state index contributed by atoms with van der Waals surface area (Å²) in [6, 6.07) is 23.0. The fourth-order valence-corrected chi connectivity index (χ4v) is 7.16. The summed E-state index contributed by atoms with van der Waals surface area (Å²) in [5, 5.41) is 24.0. The molecular weight excluding hydrogens is 602 g/mol. The Kier molecular flexibility index (Phi) is 8.78. The number of aromatic hydroxyl groups is 1. The molecule has 6 rings (SSSR count). The summed E-state index contributed by atoms with van der Waals surface area (Å²) in [7, 11) is -4.66. The summed E-state index contributed by atoms with van der Waals surface area (Å²) in [5.41, 5.74) is 3.18. The van der Waals surface area contributed by atoms with E-state index >= 15 is 0 Å². The van der Waals surface area contributed by atoms with Crippen molar-refractivity contribution in [3.8, 4) is 5.95 Å². The molecule has 1 aromatic heterocycles. The van der Waals surface area contributed by atoms with Crippen molar-refractivity contribution in [3.05, 3.63) is 101 Å². The van der Waals surface area contributed by atoms with Gasteiger partial charge in [0.1, 0.15) is 12.0 Å². The molecule has 0 fully saturated rings. The maximum Gasteiger partial charge on any atom is 0.306 e. The molecule has 46 heavy (non-hydrogen) atoms. The van der Waals surface area contributed by atoms with Crippen LogP contribution in [0.5, 0.6) is 5.95 Å². The molecule has 0 spiro atoms. The van der Waals surface area contributed by atoms with Gasteiger partial charge in [0.2, 0.25) is 11.4 Å². The molecule has 5 aromatic rings. The molecule has 1 heterocycles. The summed E-state index contributed by atoms with van der Waals surface area (Å²) in [5.74, 6) is -0.980. The highest BCUT2D eigenvalue weighted by Crippen LogP contribution is 2.43. The first-order chi connectivity index (χ1) is 22.0. The number of aryl methyl sites for hydroxylation is 2. The van der Waals surface area contributed by atoms with Crippen LogP contribution in [0.2, 0.25) is 0 Å². The molecule has 4 aromatic carbocycles. The predicted molar refractivity (Wildman–Crippen MR) is 182 cm³/mol. The first kappa shape index (κ1) is 31.6. The van der Waals surface area contributed by atoms with Crippen LogP contribution in [0.15, 0.2) is 83.5 Å². The molecule has 0 saturated heterocycles. The van der Waals surface area contributed by atoms with Gasteiger partial charge >= 0.3 is 5.95 Å². The zero-order valence-electron chi connectivity index (χ0n) is 26.1. The number of rotatable bonds is 10. The third-order valence-corrected chi connectivity index (χ3v) is 9.70. The lowest BCUT2D eigenvalue weighted by Crippen LogP contribution is -2.52. The molecule has 1 aliphatic rings.